The van der Waals surface area contributed by atoms with Crippen molar-refractivity contribution in [3.63, 3.8) is 0 Å². The minimum Gasteiger partial charge on any atom is -0.494 e. The standard InChI is InChI=1S/C17H23FN2O2/c1-19-15-6-3-13(17(19)21)11-20(12-15)9-2-10-22-16-7-4-14(18)5-8-16/h4-5,7-8,13,15H,2-3,6,9-12H2,1H3/t13-,15+/m1/s1. The number of nitrogens with zero attached hydrogens (tertiary/aromatic N) is 2. The Balaban J connectivity index is 1.44. The second-order valence-corrected chi connectivity index (χ2v) is 6.29. The van der Waals surface area contributed by atoms with Gasteiger partial charge >= 0.3 is 0 Å². The fraction of sp³-hybridized carbons (Fsp3) is 0.588. The Kier molecular flexibility index (Phi) is 4.62. The third kappa shape index (κ3) is 3.40. The first-order chi connectivity index (χ1) is 10.6. The smallest absolute Gasteiger partial charge is 0.227 e. The van der Waals surface area contributed by atoms with Crippen LogP contribution in [0.25, 0.3) is 0 Å². The lowest BCUT2D eigenvalue weighted by Crippen LogP contribution is -2.45. The third-order valence-corrected chi connectivity index (χ3v) is 4.74. The largest absolute Gasteiger partial charge is 0.494 e. The molecule has 3 heterocycles. The minimum absolute atomic E-state index is 0.168. The number of carbonyl (C=O) groups is 1. The predicted octanol–water partition coefficient (Wildman–Crippen LogP) is 2.15. The summed E-state index contributed by atoms with van der Waals surface area (Å²) in [5.74, 6) is 0.927. The molecule has 4 rings (SSSR count). The SMILES string of the molecule is CN1C(=O)[C@@H]2CC[C@H]1CN(CCCOc1ccc(F)cc1)C2. The van der Waals surface area contributed by atoms with E-state index in [1.807, 2.05) is 11.9 Å². The number of fused-ring (bicyclic) bond motifs is 4. The van der Waals surface area contributed by atoms with Crippen LogP contribution >= 0.6 is 0 Å². The molecule has 0 spiro atoms. The zero-order valence-electron chi connectivity index (χ0n) is 13.0. The Hall–Kier alpha value is -1.62. The third-order valence-electron chi connectivity index (χ3n) is 4.74. The molecule has 2 bridgehead atoms. The van der Waals surface area contributed by atoms with E-state index in [0.717, 1.165) is 38.9 Å². The van der Waals surface area contributed by atoms with Crippen molar-refractivity contribution in [3.05, 3.63) is 30.1 Å². The van der Waals surface area contributed by atoms with Gasteiger partial charge in [-0.3, -0.25) is 4.79 Å². The van der Waals surface area contributed by atoms with E-state index < -0.39 is 0 Å². The summed E-state index contributed by atoms with van der Waals surface area (Å²) in [4.78, 5) is 16.5. The number of hydrogen-bond acceptors (Lipinski definition) is 3. The van der Waals surface area contributed by atoms with E-state index in [-0.39, 0.29) is 11.7 Å². The molecule has 1 aromatic rings. The van der Waals surface area contributed by atoms with Crippen LogP contribution in [0.4, 0.5) is 4.39 Å². The van der Waals surface area contributed by atoms with Crippen molar-refractivity contribution in [1.82, 2.24) is 9.80 Å². The van der Waals surface area contributed by atoms with Crippen LogP contribution in [0.3, 0.4) is 0 Å². The molecule has 0 aromatic heterocycles. The molecule has 120 valence electrons. The molecule has 3 aliphatic heterocycles. The predicted molar refractivity (Wildman–Crippen MR) is 82.2 cm³/mol. The Morgan fingerprint density at radius 1 is 1.23 bits per heavy atom. The highest BCUT2D eigenvalue weighted by atomic mass is 19.1. The number of rotatable bonds is 5. The van der Waals surface area contributed by atoms with Crippen LogP contribution in [0, 0.1) is 11.7 Å². The Morgan fingerprint density at radius 2 is 2.00 bits per heavy atom. The Morgan fingerprint density at radius 3 is 2.77 bits per heavy atom. The van der Waals surface area contributed by atoms with Crippen molar-refractivity contribution in [1.29, 1.82) is 0 Å². The van der Waals surface area contributed by atoms with Gasteiger partial charge < -0.3 is 14.5 Å². The molecule has 2 atom stereocenters. The first-order valence-electron chi connectivity index (χ1n) is 8.01. The molecule has 22 heavy (non-hydrogen) atoms. The van der Waals surface area contributed by atoms with Gasteiger partial charge in [-0.1, -0.05) is 0 Å². The molecule has 3 saturated heterocycles. The van der Waals surface area contributed by atoms with Gasteiger partial charge in [0.25, 0.3) is 0 Å². The van der Waals surface area contributed by atoms with Crippen LogP contribution in [0.15, 0.2) is 24.3 Å². The van der Waals surface area contributed by atoms with E-state index in [1.165, 1.54) is 12.1 Å². The molecule has 3 aliphatic rings. The molecule has 3 fully saturated rings. The summed E-state index contributed by atoms with van der Waals surface area (Å²) in [6.07, 6.45) is 3.06. The number of ether oxygens (including phenoxy) is 1. The van der Waals surface area contributed by atoms with E-state index in [4.69, 9.17) is 4.74 Å². The van der Waals surface area contributed by atoms with Gasteiger partial charge in [-0.2, -0.15) is 0 Å². The zero-order valence-corrected chi connectivity index (χ0v) is 13.0. The number of hydrogen-bond donors (Lipinski definition) is 0. The van der Waals surface area contributed by atoms with Gasteiger partial charge in [-0.15, -0.1) is 0 Å². The minimum atomic E-state index is -0.249. The summed E-state index contributed by atoms with van der Waals surface area (Å²) in [6.45, 7) is 3.39. The van der Waals surface area contributed by atoms with Crippen LogP contribution in [0.1, 0.15) is 19.3 Å². The summed E-state index contributed by atoms with van der Waals surface area (Å²) in [7, 11) is 1.93. The number of carbonyl (C=O) groups excluding carboxylic acids is 1. The molecule has 5 heteroatoms. The summed E-state index contributed by atoms with van der Waals surface area (Å²) in [5.41, 5.74) is 0. The number of piperidine rings is 1. The van der Waals surface area contributed by atoms with E-state index in [2.05, 4.69) is 4.90 Å². The molecule has 0 radical (unpaired) electrons. The van der Waals surface area contributed by atoms with Gasteiger partial charge in [0.05, 0.1) is 12.5 Å². The fourth-order valence-electron chi connectivity index (χ4n) is 3.44. The van der Waals surface area contributed by atoms with Crippen LogP contribution in [-0.2, 0) is 4.79 Å². The topological polar surface area (TPSA) is 32.8 Å². The molecular weight excluding hydrogens is 283 g/mol. The fourth-order valence-corrected chi connectivity index (χ4v) is 3.44. The highest BCUT2D eigenvalue weighted by molar-refractivity contribution is 5.80. The van der Waals surface area contributed by atoms with Crippen LogP contribution in [0.5, 0.6) is 5.75 Å². The monoisotopic (exact) mass is 306 g/mol. The van der Waals surface area contributed by atoms with Crippen LogP contribution in [0.2, 0.25) is 0 Å². The van der Waals surface area contributed by atoms with Crippen molar-refractivity contribution < 1.29 is 13.9 Å². The number of benzene rings is 1. The number of halogens is 1. The Labute approximate surface area is 130 Å². The van der Waals surface area contributed by atoms with Gasteiger partial charge in [0.1, 0.15) is 11.6 Å². The van der Waals surface area contributed by atoms with E-state index in [9.17, 15) is 9.18 Å². The van der Waals surface area contributed by atoms with Crippen molar-refractivity contribution in [2.24, 2.45) is 5.92 Å². The molecule has 1 aromatic carbocycles. The lowest BCUT2D eigenvalue weighted by molar-refractivity contribution is -0.138. The maximum Gasteiger partial charge on any atom is 0.227 e. The summed E-state index contributed by atoms with van der Waals surface area (Å²) in [5, 5.41) is 0. The first kappa shape index (κ1) is 15.3. The lowest BCUT2D eigenvalue weighted by atomic mass is 9.95. The molecule has 0 saturated carbocycles. The molecule has 0 N–H and O–H groups in total. The maximum absolute atomic E-state index is 12.8. The molecule has 0 unspecified atom stereocenters. The second kappa shape index (κ2) is 6.65. The van der Waals surface area contributed by atoms with Gasteiger partial charge in [0.2, 0.25) is 5.91 Å². The van der Waals surface area contributed by atoms with Gasteiger partial charge in [0, 0.05) is 32.7 Å². The number of likely N-dealkylation sites (N-methyl/N-ethyl adjacent to an activating group) is 1. The molecule has 1 amide bonds. The maximum atomic E-state index is 12.8. The highest BCUT2D eigenvalue weighted by Crippen LogP contribution is 2.27. The highest BCUT2D eigenvalue weighted by Gasteiger charge is 2.38. The van der Waals surface area contributed by atoms with Crippen LogP contribution < -0.4 is 4.74 Å². The Bertz CT molecular complexity index is 520. The summed E-state index contributed by atoms with van der Waals surface area (Å²) < 4.78 is 18.4. The van der Waals surface area contributed by atoms with Gasteiger partial charge in [-0.25, -0.2) is 4.39 Å². The van der Waals surface area contributed by atoms with Crippen molar-refractivity contribution in [2.45, 2.75) is 25.3 Å². The zero-order chi connectivity index (χ0) is 15.5. The van der Waals surface area contributed by atoms with Crippen molar-refractivity contribution in [3.8, 4) is 5.75 Å². The average Bonchev–Trinajstić information content (AvgIpc) is 2.79. The molecular formula is C17H23FN2O2. The molecule has 0 aliphatic carbocycles. The van der Waals surface area contributed by atoms with Gasteiger partial charge in [-0.05, 0) is 43.5 Å². The summed E-state index contributed by atoms with van der Waals surface area (Å²) >= 11 is 0. The lowest BCUT2D eigenvalue weighted by Gasteiger charge is -2.32. The van der Waals surface area contributed by atoms with Crippen molar-refractivity contribution >= 4 is 5.91 Å². The van der Waals surface area contributed by atoms with E-state index in [0.29, 0.717) is 24.3 Å². The summed E-state index contributed by atoms with van der Waals surface area (Å²) in [6, 6.07) is 6.47. The quantitative estimate of drug-likeness (QED) is 0.782. The van der Waals surface area contributed by atoms with Crippen LogP contribution in [-0.4, -0.2) is 55.0 Å². The molecule has 4 nitrogen and oxygen atoms in total. The first-order valence-corrected chi connectivity index (χ1v) is 8.01. The van der Waals surface area contributed by atoms with Crippen molar-refractivity contribution in [2.75, 3.05) is 33.3 Å². The van der Waals surface area contributed by atoms with E-state index in [1.54, 1.807) is 12.1 Å². The normalized spacial score (nSPS) is 25.4. The van der Waals surface area contributed by atoms with E-state index >= 15 is 0 Å². The van der Waals surface area contributed by atoms with Gasteiger partial charge in [0.15, 0.2) is 0 Å². The number of amides is 1. The average molecular weight is 306 g/mol. The second-order valence-electron chi connectivity index (χ2n) is 6.29.